The number of nitrogens with one attached hydrogen (secondary N) is 1. The average molecular weight is 464 g/mol. The van der Waals surface area contributed by atoms with Crippen LogP contribution >= 0.6 is 35.0 Å². The zero-order valence-corrected chi connectivity index (χ0v) is 18.2. The normalized spacial score (nSPS) is 17.1. The zero-order valence-electron chi connectivity index (χ0n) is 15.9. The molecule has 0 aliphatic carbocycles. The van der Waals surface area contributed by atoms with E-state index in [9.17, 15) is 4.79 Å². The zero-order chi connectivity index (χ0) is 20.9. The van der Waals surface area contributed by atoms with E-state index in [2.05, 4.69) is 20.8 Å². The summed E-state index contributed by atoms with van der Waals surface area (Å²) in [6.07, 6.45) is 2.10. The maximum absolute atomic E-state index is 13.2. The molecule has 0 spiro atoms. The van der Waals surface area contributed by atoms with Crippen LogP contribution < -0.4 is 5.32 Å². The molecule has 0 radical (unpaired) electrons. The molecule has 0 unspecified atom stereocenters. The van der Waals surface area contributed by atoms with Crippen molar-refractivity contribution in [3.8, 4) is 0 Å². The Morgan fingerprint density at radius 3 is 2.70 bits per heavy atom. The number of amides is 1. The van der Waals surface area contributed by atoms with Crippen LogP contribution in [-0.4, -0.2) is 38.8 Å². The molecule has 1 aliphatic rings. The molecular weight excluding hydrogens is 445 g/mol. The lowest BCUT2D eigenvalue weighted by molar-refractivity contribution is -0.115. The minimum absolute atomic E-state index is 0.0884. The lowest BCUT2D eigenvalue weighted by Gasteiger charge is -2.17. The monoisotopic (exact) mass is 463 g/mol. The summed E-state index contributed by atoms with van der Waals surface area (Å²) in [6.45, 7) is 1.31. The van der Waals surface area contributed by atoms with Gasteiger partial charge < -0.3 is 10.1 Å². The second-order valence-corrected chi connectivity index (χ2v) is 8.78. The highest BCUT2D eigenvalue weighted by Crippen LogP contribution is 2.35. The molecule has 1 amide bonds. The van der Waals surface area contributed by atoms with E-state index in [1.54, 1.807) is 22.9 Å². The minimum atomic E-state index is -0.571. The number of thioether (sulfide) groups is 1. The fraction of sp³-hybridized carbons (Fsp3) is 0.300. The Bertz CT molecular complexity index is 991. The van der Waals surface area contributed by atoms with Crippen LogP contribution in [0.2, 0.25) is 10.0 Å². The number of tetrazole rings is 1. The summed E-state index contributed by atoms with van der Waals surface area (Å²) in [5.41, 5.74) is 1.36. The summed E-state index contributed by atoms with van der Waals surface area (Å²) in [5, 5.41) is 15.8. The number of ether oxygens (including phenoxy) is 1. The number of hydrogen-bond acceptors (Lipinski definition) is 6. The standard InChI is InChI=1S/C20H19Cl2N5O2S/c21-14-9-15(22)11-16(10-14)23-19(28)18(13-5-2-1-3-6-13)30-20-24-25-26-27(20)12-17-7-4-8-29-17/h1-3,5-6,9-11,17-18H,4,7-8,12H2,(H,23,28)/t17-,18-/m0/s1. The molecule has 10 heteroatoms. The van der Waals surface area contributed by atoms with Crippen molar-refractivity contribution >= 4 is 46.6 Å². The van der Waals surface area contributed by atoms with E-state index in [1.165, 1.54) is 11.8 Å². The quantitative estimate of drug-likeness (QED) is 0.514. The predicted molar refractivity (Wildman–Crippen MR) is 117 cm³/mol. The summed E-state index contributed by atoms with van der Waals surface area (Å²) in [7, 11) is 0. The third-order valence-electron chi connectivity index (χ3n) is 4.59. The Balaban J connectivity index is 1.56. The summed E-state index contributed by atoms with van der Waals surface area (Å²) < 4.78 is 7.38. The Kier molecular flexibility index (Phi) is 6.89. The van der Waals surface area contributed by atoms with Crippen molar-refractivity contribution in [1.29, 1.82) is 0 Å². The van der Waals surface area contributed by atoms with Gasteiger partial charge in [-0.1, -0.05) is 65.3 Å². The van der Waals surface area contributed by atoms with Gasteiger partial charge in [-0.15, -0.1) is 5.10 Å². The van der Waals surface area contributed by atoms with Gasteiger partial charge in [-0.2, -0.15) is 0 Å². The topological polar surface area (TPSA) is 81.9 Å². The van der Waals surface area contributed by atoms with E-state index in [0.717, 1.165) is 25.0 Å². The van der Waals surface area contributed by atoms with Gasteiger partial charge in [0.2, 0.25) is 11.1 Å². The molecule has 0 saturated carbocycles. The van der Waals surface area contributed by atoms with Gasteiger partial charge in [0.25, 0.3) is 0 Å². The molecule has 7 nitrogen and oxygen atoms in total. The molecule has 1 fully saturated rings. The van der Waals surface area contributed by atoms with Crippen LogP contribution in [0.4, 0.5) is 5.69 Å². The molecule has 1 aromatic heterocycles. The van der Waals surface area contributed by atoms with Gasteiger partial charge >= 0.3 is 0 Å². The van der Waals surface area contributed by atoms with Crippen LogP contribution in [0.1, 0.15) is 23.7 Å². The number of halogens is 2. The van der Waals surface area contributed by atoms with Gasteiger partial charge in [-0.3, -0.25) is 4.79 Å². The fourth-order valence-corrected chi connectivity index (χ4v) is 4.73. The van der Waals surface area contributed by atoms with Gasteiger partial charge in [-0.25, -0.2) is 4.68 Å². The van der Waals surface area contributed by atoms with Crippen molar-refractivity contribution in [2.24, 2.45) is 0 Å². The minimum Gasteiger partial charge on any atom is -0.376 e. The number of rotatable bonds is 7. The molecule has 1 aliphatic heterocycles. The highest BCUT2D eigenvalue weighted by molar-refractivity contribution is 8.00. The number of anilines is 1. The third-order valence-corrected chi connectivity index (χ3v) is 6.26. The van der Waals surface area contributed by atoms with Crippen LogP contribution in [0.15, 0.2) is 53.7 Å². The molecule has 0 bridgehead atoms. The Morgan fingerprint density at radius 2 is 2.00 bits per heavy atom. The second kappa shape index (κ2) is 9.78. The largest absolute Gasteiger partial charge is 0.376 e. The van der Waals surface area contributed by atoms with Crippen LogP contribution in [-0.2, 0) is 16.1 Å². The van der Waals surface area contributed by atoms with Crippen molar-refractivity contribution in [3.05, 3.63) is 64.1 Å². The van der Waals surface area contributed by atoms with Crippen LogP contribution in [0, 0.1) is 0 Å². The maximum atomic E-state index is 13.2. The van der Waals surface area contributed by atoms with E-state index in [1.807, 2.05) is 30.3 Å². The second-order valence-electron chi connectivity index (χ2n) is 6.83. The van der Waals surface area contributed by atoms with Crippen molar-refractivity contribution < 1.29 is 9.53 Å². The highest BCUT2D eigenvalue weighted by Gasteiger charge is 2.26. The Morgan fingerprint density at radius 1 is 1.23 bits per heavy atom. The summed E-state index contributed by atoms with van der Waals surface area (Å²) in [6, 6.07) is 14.4. The van der Waals surface area contributed by atoms with E-state index in [0.29, 0.717) is 27.4 Å². The van der Waals surface area contributed by atoms with Crippen molar-refractivity contribution in [3.63, 3.8) is 0 Å². The van der Waals surface area contributed by atoms with Gasteiger partial charge in [0.15, 0.2) is 0 Å². The molecular formula is C20H19Cl2N5O2S. The molecule has 2 atom stereocenters. The van der Waals surface area contributed by atoms with Crippen LogP contribution in [0.3, 0.4) is 0 Å². The van der Waals surface area contributed by atoms with Crippen LogP contribution in [0.25, 0.3) is 0 Å². The fourth-order valence-electron chi connectivity index (χ4n) is 3.22. The number of carbonyl (C=O) groups is 1. The van der Waals surface area contributed by atoms with Gasteiger partial charge in [0, 0.05) is 22.3 Å². The molecule has 2 aromatic carbocycles. The maximum Gasteiger partial charge on any atom is 0.242 e. The first-order valence-corrected chi connectivity index (χ1v) is 11.1. The van der Waals surface area contributed by atoms with E-state index >= 15 is 0 Å². The summed E-state index contributed by atoms with van der Waals surface area (Å²) in [4.78, 5) is 13.2. The summed E-state index contributed by atoms with van der Waals surface area (Å²) >= 11 is 13.4. The lowest BCUT2D eigenvalue weighted by atomic mass is 10.1. The van der Waals surface area contributed by atoms with Crippen molar-refractivity contribution in [2.45, 2.75) is 35.9 Å². The Labute approximate surface area is 188 Å². The number of nitrogens with zero attached hydrogens (tertiary/aromatic N) is 4. The summed E-state index contributed by atoms with van der Waals surface area (Å²) in [5.74, 6) is -0.226. The number of carbonyl (C=O) groups excluding carboxylic acids is 1. The van der Waals surface area contributed by atoms with Crippen molar-refractivity contribution in [2.75, 3.05) is 11.9 Å². The first-order valence-electron chi connectivity index (χ1n) is 9.45. The van der Waals surface area contributed by atoms with E-state index in [-0.39, 0.29) is 12.0 Å². The molecule has 2 heterocycles. The number of benzene rings is 2. The first-order chi connectivity index (χ1) is 14.6. The van der Waals surface area contributed by atoms with Crippen LogP contribution in [0.5, 0.6) is 0 Å². The molecule has 1 N–H and O–H groups in total. The lowest BCUT2D eigenvalue weighted by Crippen LogP contribution is -2.21. The number of hydrogen-bond donors (Lipinski definition) is 1. The predicted octanol–water partition coefficient (Wildman–Crippen LogP) is 4.63. The first kappa shape index (κ1) is 21.1. The van der Waals surface area contributed by atoms with Gasteiger partial charge in [0.1, 0.15) is 5.25 Å². The molecule has 1 saturated heterocycles. The molecule has 156 valence electrons. The molecule has 3 aromatic rings. The smallest absolute Gasteiger partial charge is 0.242 e. The highest BCUT2D eigenvalue weighted by atomic mass is 35.5. The van der Waals surface area contributed by atoms with Crippen molar-refractivity contribution in [1.82, 2.24) is 20.2 Å². The van der Waals surface area contributed by atoms with Gasteiger partial charge in [0.05, 0.1) is 12.6 Å². The molecule has 4 rings (SSSR count). The van der Waals surface area contributed by atoms with E-state index in [4.69, 9.17) is 27.9 Å². The van der Waals surface area contributed by atoms with Gasteiger partial charge in [-0.05, 0) is 47.0 Å². The SMILES string of the molecule is O=C(Nc1cc(Cl)cc(Cl)c1)[C@@H](Sc1nnnn1C[C@@H]1CCCO1)c1ccccc1. The average Bonchev–Trinajstić information content (AvgIpc) is 3.38. The third kappa shape index (κ3) is 5.31. The van der Waals surface area contributed by atoms with E-state index < -0.39 is 5.25 Å². The Hall–Kier alpha value is -2.13. The molecule has 30 heavy (non-hydrogen) atoms. The number of aromatic nitrogens is 4.